The Hall–Kier alpha value is -4.35. The smallest absolute Gasteiger partial charge is 0.407 e. The number of aliphatic carboxylic acids is 1. The van der Waals surface area contributed by atoms with Gasteiger partial charge in [-0.1, -0.05) is 60.0 Å². The number of methoxy groups -OCH3 is 1. The highest BCUT2D eigenvalue weighted by atomic mass is 35.5. The second-order valence-corrected chi connectivity index (χ2v) is 11.5. The lowest BCUT2D eigenvalue weighted by molar-refractivity contribution is -0.143. The van der Waals surface area contributed by atoms with E-state index in [4.69, 9.17) is 37.4 Å². The molecule has 4 aromatic rings. The number of fused-ring (bicyclic) bond motifs is 1. The minimum Gasteiger partial charge on any atom is -0.493 e. The number of benzene rings is 3. The maximum atomic E-state index is 14.7. The Balaban J connectivity index is 1.34. The van der Waals surface area contributed by atoms with Crippen LogP contribution in [-0.4, -0.2) is 46.9 Å². The number of anilines is 2. The third kappa shape index (κ3) is 7.84. The molecule has 13 heteroatoms. The molecule has 0 saturated heterocycles. The van der Waals surface area contributed by atoms with Crippen LogP contribution in [0.15, 0.2) is 60.9 Å². The molecule has 1 aliphatic carbocycles. The van der Waals surface area contributed by atoms with Gasteiger partial charge in [0.25, 0.3) is 0 Å². The van der Waals surface area contributed by atoms with Gasteiger partial charge in [-0.05, 0) is 48.9 Å². The molecule has 45 heavy (non-hydrogen) atoms. The van der Waals surface area contributed by atoms with Crippen molar-refractivity contribution in [2.45, 2.75) is 38.3 Å². The van der Waals surface area contributed by atoms with Gasteiger partial charge in [0.15, 0.2) is 17.3 Å². The van der Waals surface area contributed by atoms with Crippen molar-refractivity contribution >= 4 is 57.7 Å². The number of hydrogen-bond acceptors (Lipinski definition) is 8. The van der Waals surface area contributed by atoms with Gasteiger partial charge in [-0.3, -0.25) is 4.79 Å². The first-order valence-electron chi connectivity index (χ1n) is 14.3. The largest absolute Gasteiger partial charge is 0.493 e. The fourth-order valence-corrected chi connectivity index (χ4v) is 5.80. The molecule has 10 nitrogen and oxygen atoms in total. The van der Waals surface area contributed by atoms with Crippen LogP contribution >= 0.6 is 23.2 Å². The standard InChI is InChI=1S/C32H31Cl2FN4O6/c1-43-26-13-22-25(36-17-37-30(22)39-24-11-10-23(33)28(34)29(24)35)14-27(26)44-16-20(12-19-8-5-9-21(19)31(40)41)38-32(42)45-15-18-6-3-2-4-7-18/h2-4,6-7,10-11,13-14,17,19-21H,5,8-9,12,15-16H2,1H3,(H,38,42)(H,40,41)(H,36,37,39)/t19?,20-,21?/m0/s1. The summed E-state index contributed by atoms with van der Waals surface area (Å²) in [6.45, 7) is 0.0952. The highest BCUT2D eigenvalue weighted by Crippen LogP contribution is 2.38. The Bertz CT molecular complexity index is 1680. The number of carboxylic acid groups (broad SMARTS) is 1. The zero-order chi connectivity index (χ0) is 31.9. The number of aromatic nitrogens is 2. The van der Waals surface area contributed by atoms with Gasteiger partial charge in [0, 0.05) is 11.5 Å². The maximum absolute atomic E-state index is 14.7. The molecule has 1 fully saturated rings. The Morgan fingerprint density at radius 3 is 2.64 bits per heavy atom. The molecular weight excluding hydrogens is 626 g/mol. The molecule has 1 aromatic heterocycles. The van der Waals surface area contributed by atoms with Gasteiger partial charge < -0.3 is 30.0 Å². The van der Waals surface area contributed by atoms with E-state index in [0.29, 0.717) is 41.1 Å². The molecule has 0 radical (unpaired) electrons. The van der Waals surface area contributed by atoms with E-state index >= 15 is 0 Å². The summed E-state index contributed by atoms with van der Waals surface area (Å²) in [5.41, 5.74) is 1.38. The van der Waals surface area contributed by atoms with Crippen molar-refractivity contribution in [3.05, 3.63) is 82.4 Å². The minimum atomic E-state index is -0.843. The summed E-state index contributed by atoms with van der Waals surface area (Å²) in [7, 11) is 1.47. The second-order valence-electron chi connectivity index (χ2n) is 10.7. The Morgan fingerprint density at radius 1 is 1.09 bits per heavy atom. The van der Waals surface area contributed by atoms with E-state index in [9.17, 15) is 19.1 Å². The molecular formula is C32H31Cl2FN4O6. The van der Waals surface area contributed by atoms with Gasteiger partial charge in [-0.25, -0.2) is 19.2 Å². The van der Waals surface area contributed by atoms with Crippen LogP contribution in [0.25, 0.3) is 10.9 Å². The predicted octanol–water partition coefficient (Wildman–Crippen LogP) is 7.39. The molecule has 0 bridgehead atoms. The van der Waals surface area contributed by atoms with Crippen LogP contribution in [0.4, 0.5) is 20.7 Å². The number of amides is 1. The lowest BCUT2D eigenvalue weighted by atomic mass is 9.90. The Labute approximate surface area is 268 Å². The molecule has 2 unspecified atom stereocenters. The van der Waals surface area contributed by atoms with Crippen LogP contribution in [0.3, 0.4) is 0 Å². The van der Waals surface area contributed by atoms with Crippen molar-refractivity contribution in [3.8, 4) is 11.5 Å². The fourth-order valence-electron chi connectivity index (χ4n) is 5.49. The van der Waals surface area contributed by atoms with Crippen molar-refractivity contribution in [2.75, 3.05) is 19.0 Å². The summed E-state index contributed by atoms with van der Waals surface area (Å²) in [5, 5.41) is 15.9. The van der Waals surface area contributed by atoms with E-state index in [-0.39, 0.29) is 34.9 Å². The van der Waals surface area contributed by atoms with E-state index in [1.807, 2.05) is 30.3 Å². The highest BCUT2D eigenvalue weighted by molar-refractivity contribution is 6.42. The van der Waals surface area contributed by atoms with Crippen LogP contribution in [0.1, 0.15) is 31.2 Å². The number of nitrogens with zero attached hydrogens (tertiary/aromatic N) is 2. The fraction of sp³-hybridized carbons (Fsp3) is 0.312. The molecule has 1 heterocycles. The number of carbonyl (C=O) groups excluding carboxylic acids is 1. The first-order valence-corrected chi connectivity index (χ1v) is 15.0. The van der Waals surface area contributed by atoms with E-state index in [1.165, 1.54) is 25.6 Å². The summed E-state index contributed by atoms with van der Waals surface area (Å²) in [5.74, 6) is -1.23. The second kappa shape index (κ2) is 14.6. The molecule has 5 rings (SSSR count). The van der Waals surface area contributed by atoms with Crippen LogP contribution in [0, 0.1) is 17.7 Å². The summed E-state index contributed by atoms with van der Waals surface area (Å²) in [4.78, 5) is 33.2. The lowest BCUT2D eigenvalue weighted by Gasteiger charge is -2.25. The number of ether oxygens (including phenoxy) is 3. The Morgan fingerprint density at radius 2 is 1.89 bits per heavy atom. The van der Waals surface area contributed by atoms with Gasteiger partial charge in [0.1, 0.15) is 25.4 Å². The maximum Gasteiger partial charge on any atom is 0.407 e. The summed E-state index contributed by atoms with van der Waals surface area (Å²) in [6.07, 6.45) is 3.19. The summed E-state index contributed by atoms with van der Waals surface area (Å²) < 4.78 is 31.9. The van der Waals surface area contributed by atoms with Gasteiger partial charge in [-0.15, -0.1) is 0 Å². The number of rotatable bonds is 12. The Kier molecular flexibility index (Phi) is 10.4. The number of alkyl carbamates (subject to hydrolysis) is 1. The highest BCUT2D eigenvalue weighted by Gasteiger charge is 2.35. The summed E-state index contributed by atoms with van der Waals surface area (Å²) in [6, 6.07) is 14.9. The third-order valence-corrected chi connectivity index (χ3v) is 8.53. The van der Waals surface area contributed by atoms with Gasteiger partial charge in [0.2, 0.25) is 0 Å². The molecule has 3 atom stereocenters. The zero-order valence-corrected chi connectivity index (χ0v) is 25.8. The first kappa shape index (κ1) is 32.1. The molecule has 236 valence electrons. The number of hydrogen-bond donors (Lipinski definition) is 3. The van der Waals surface area contributed by atoms with E-state index < -0.39 is 29.8 Å². The van der Waals surface area contributed by atoms with Crippen LogP contribution in [0.5, 0.6) is 11.5 Å². The molecule has 3 aromatic carbocycles. The molecule has 1 amide bonds. The SMILES string of the molecule is COc1cc2c(Nc3ccc(Cl)c(Cl)c3F)ncnc2cc1OC[C@H](CC1CCCC1C(=O)O)NC(=O)OCc1ccccc1. The van der Waals surface area contributed by atoms with Crippen LogP contribution in [0.2, 0.25) is 10.0 Å². The van der Waals surface area contributed by atoms with E-state index in [0.717, 1.165) is 18.4 Å². The quantitative estimate of drug-likeness (QED) is 0.133. The molecule has 3 N–H and O–H groups in total. The van der Waals surface area contributed by atoms with Gasteiger partial charge in [0.05, 0.1) is 40.3 Å². The normalized spacial score (nSPS) is 16.6. The lowest BCUT2D eigenvalue weighted by Crippen LogP contribution is -2.41. The van der Waals surface area contributed by atoms with Gasteiger partial charge >= 0.3 is 12.1 Å². The van der Waals surface area contributed by atoms with E-state index in [2.05, 4.69) is 20.6 Å². The number of nitrogens with one attached hydrogen (secondary N) is 2. The van der Waals surface area contributed by atoms with E-state index in [1.54, 1.807) is 12.1 Å². The molecule has 0 spiro atoms. The molecule has 1 aliphatic rings. The van der Waals surface area contributed by atoms with Gasteiger partial charge in [-0.2, -0.15) is 0 Å². The number of halogens is 3. The first-order chi connectivity index (χ1) is 21.7. The zero-order valence-electron chi connectivity index (χ0n) is 24.3. The summed E-state index contributed by atoms with van der Waals surface area (Å²) >= 11 is 11.9. The predicted molar refractivity (Wildman–Crippen MR) is 168 cm³/mol. The van der Waals surface area contributed by atoms with Crippen LogP contribution in [-0.2, 0) is 16.1 Å². The van der Waals surface area contributed by atoms with Crippen molar-refractivity contribution in [1.82, 2.24) is 15.3 Å². The van der Waals surface area contributed by atoms with Crippen molar-refractivity contribution in [1.29, 1.82) is 0 Å². The average Bonchev–Trinajstić information content (AvgIpc) is 3.51. The van der Waals surface area contributed by atoms with Crippen LogP contribution < -0.4 is 20.1 Å². The third-order valence-electron chi connectivity index (χ3n) is 7.75. The van der Waals surface area contributed by atoms with Crippen molar-refractivity contribution in [3.63, 3.8) is 0 Å². The molecule has 1 saturated carbocycles. The average molecular weight is 658 g/mol. The number of carbonyl (C=O) groups is 2. The van der Waals surface area contributed by atoms with Crippen molar-refractivity contribution in [2.24, 2.45) is 11.8 Å². The molecule has 0 aliphatic heterocycles. The van der Waals surface area contributed by atoms with Crippen molar-refractivity contribution < 1.29 is 33.3 Å². The monoisotopic (exact) mass is 656 g/mol. The topological polar surface area (TPSA) is 132 Å². The number of carboxylic acids is 1. The minimum absolute atomic E-state index is 0.00974.